The second-order valence-corrected chi connectivity index (χ2v) is 7.44. The van der Waals surface area contributed by atoms with Crippen molar-refractivity contribution < 1.29 is 14.7 Å². The molecule has 3 rings (SSSR count). The van der Waals surface area contributed by atoms with Gasteiger partial charge in [-0.05, 0) is 49.1 Å². The minimum Gasteiger partial charge on any atom is -0.480 e. The summed E-state index contributed by atoms with van der Waals surface area (Å²) in [4.78, 5) is 25.9. The van der Waals surface area contributed by atoms with Crippen LogP contribution in [-0.2, 0) is 9.59 Å². The van der Waals surface area contributed by atoms with E-state index in [1.54, 1.807) is 11.8 Å². The Morgan fingerprint density at radius 2 is 1.91 bits per heavy atom. The normalized spacial score (nSPS) is 29.8. The Labute approximate surface area is 137 Å². The van der Waals surface area contributed by atoms with Crippen molar-refractivity contribution in [1.29, 1.82) is 0 Å². The van der Waals surface area contributed by atoms with Gasteiger partial charge in [-0.2, -0.15) is 0 Å². The Bertz CT molecular complexity index is 622. The first-order chi connectivity index (χ1) is 10.8. The molecule has 1 saturated carbocycles. The van der Waals surface area contributed by atoms with E-state index in [-0.39, 0.29) is 17.7 Å². The molecule has 1 aliphatic carbocycles. The molecule has 0 spiro atoms. The summed E-state index contributed by atoms with van der Waals surface area (Å²) in [6.45, 7) is 6.57. The topological polar surface area (TPSA) is 57.6 Å². The van der Waals surface area contributed by atoms with Crippen LogP contribution in [0.25, 0.3) is 0 Å². The maximum absolute atomic E-state index is 12.7. The van der Waals surface area contributed by atoms with Crippen LogP contribution in [0.4, 0.5) is 0 Å². The van der Waals surface area contributed by atoms with Gasteiger partial charge < -0.3 is 10.0 Å². The molecule has 2 fully saturated rings. The number of aliphatic carboxylic acids is 1. The maximum Gasteiger partial charge on any atom is 0.329 e. The summed E-state index contributed by atoms with van der Waals surface area (Å²) in [5.41, 5.74) is 1.48. The molecule has 0 aromatic heterocycles. The van der Waals surface area contributed by atoms with Crippen molar-refractivity contribution in [2.24, 2.45) is 5.92 Å². The van der Waals surface area contributed by atoms with Gasteiger partial charge in [-0.3, -0.25) is 4.79 Å². The summed E-state index contributed by atoms with van der Waals surface area (Å²) in [5, 5.41) is 9.47. The van der Waals surface area contributed by atoms with Gasteiger partial charge in [-0.1, -0.05) is 38.1 Å². The fraction of sp³-hybridized carbons (Fsp3) is 0.579. The van der Waals surface area contributed by atoms with Crippen molar-refractivity contribution in [3.8, 4) is 0 Å². The van der Waals surface area contributed by atoms with Crippen LogP contribution in [0, 0.1) is 5.92 Å². The van der Waals surface area contributed by atoms with Gasteiger partial charge in [0.1, 0.15) is 5.54 Å². The molecule has 1 aromatic carbocycles. The first-order valence-corrected chi connectivity index (χ1v) is 8.49. The number of hydrogen-bond acceptors (Lipinski definition) is 2. The molecule has 3 unspecified atom stereocenters. The third kappa shape index (κ3) is 2.75. The Kier molecular flexibility index (Phi) is 3.95. The summed E-state index contributed by atoms with van der Waals surface area (Å²) in [5.74, 6) is -0.159. The fourth-order valence-electron chi connectivity index (χ4n) is 3.70. The molecular formula is C19H25NO3. The van der Waals surface area contributed by atoms with Crippen molar-refractivity contribution in [3.05, 3.63) is 35.4 Å². The van der Waals surface area contributed by atoms with Crippen molar-refractivity contribution >= 4 is 11.9 Å². The van der Waals surface area contributed by atoms with Gasteiger partial charge in [0, 0.05) is 12.5 Å². The fourth-order valence-corrected chi connectivity index (χ4v) is 3.70. The molecule has 4 heteroatoms. The molecule has 1 saturated heterocycles. The SMILES string of the molecule is CC(C)c1ccc(C2CC2C(=O)N2CCCC2(C)C(=O)O)cc1. The predicted octanol–water partition coefficient (Wildman–Crippen LogP) is 3.38. The van der Waals surface area contributed by atoms with Crippen LogP contribution in [0.1, 0.15) is 63.0 Å². The largest absolute Gasteiger partial charge is 0.480 e. The van der Waals surface area contributed by atoms with Gasteiger partial charge in [0.15, 0.2) is 0 Å². The van der Waals surface area contributed by atoms with Crippen LogP contribution in [0.5, 0.6) is 0 Å². The van der Waals surface area contributed by atoms with E-state index in [1.165, 1.54) is 11.1 Å². The van der Waals surface area contributed by atoms with Crippen LogP contribution in [0.15, 0.2) is 24.3 Å². The highest BCUT2D eigenvalue weighted by atomic mass is 16.4. The number of carbonyl (C=O) groups is 2. The van der Waals surface area contributed by atoms with Crippen molar-refractivity contribution in [3.63, 3.8) is 0 Å². The highest BCUT2D eigenvalue weighted by molar-refractivity contribution is 5.90. The van der Waals surface area contributed by atoms with E-state index in [1.807, 2.05) is 0 Å². The van der Waals surface area contributed by atoms with Crippen LogP contribution in [0.2, 0.25) is 0 Å². The third-order valence-corrected chi connectivity index (χ3v) is 5.51. The molecule has 1 heterocycles. The number of carbonyl (C=O) groups excluding carboxylic acids is 1. The van der Waals surface area contributed by atoms with E-state index in [2.05, 4.69) is 38.1 Å². The van der Waals surface area contributed by atoms with Gasteiger partial charge in [0.25, 0.3) is 0 Å². The lowest BCUT2D eigenvalue weighted by molar-refractivity contribution is -0.155. The van der Waals surface area contributed by atoms with E-state index in [0.717, 1.165) is 12.8 Å². The number of amides is 1. The number of nitrogens with zero attached hydrogens (tertiary/aromatic N) is 1. The van der Waals surface area contributed by atoms with Crippen LogP contribution >= 0.6 is 0 Å². The van der Waals surface area contributed by atoms with Gasteiger partial charge in [0.05, 0.1) is 0 Å². The number of rotatable bonds is 4. The average Bonchev–Trinajstić information content (AvgIpc) is 3.22. The molecule has 0 bridgehead atoms. The molecule has 1 aliphatic heterocycles. The maximum atomic E-state index is 12.7. The summed E-state index contributed by atoms with van der Waals surface area (Å²) in [6, 6.07) is 8.51. The summed E-state index contributed by atoms with van der Waals surface area (Å²) < 4.78 is 0. The van der Waals surface area contributed by atoms with Gasteiger partial charge in [0.2, 0.25) is 5.91 Å². The Hall–Kier alpha value is -1.84. The minimum absolute atomic E-state index is 0.0188. The van der Waals surface area contributed by atoms with Crippen molar-refractivity contribution in [2.45, 2.75) is 57.4 Å². The predicted molar refractivity (Wildman–Crippen MR) is 88.4 cm³/mol. The molecule has 1 N–H and O–H groups in total. The van der Waals surface area contributed by atoms with Gasteiger partial charge >= 0.3 is 5.97 Å². The molecule has 4 nitrogen and oxygen atoms in total. The van der Waals surface area contributed by atoms with Crippen molar-refractivity contribution in [1.82, 2.24) is 4.90 Å². The van der Waals surface area contributed by atoms with Gasteiger partial charge in [-0.25, -0.2) is 4.79 Å². The van der Waals surface area contributed by atoms with Crippen molar-refractivity contribution in [2.75, 3.05) is 6.54 Å². The molecule has 124 valence electrons. The highest BCUT2D eigenvalue weighted by Gasteiger charge is 2.53. The number of benzene rings is 1. The second kappa shape index (κ2) is 5.66. The summed E-state index contributed by atoms with van der Waals surface area (Å²) in [7, 11) is 0. The number of hydrogen-bond donors (Lipinski definition) is 1. The van der Waals surface area contributed by atoms with E-state index >= 15 is 0 Å². The smallest absolute Gasteiger partial charge is 0.329 e. The standard InChI is InChI=1S/C19H25NO3/c1-12(2)13-5-7-14(8-6-13)15-11-16(15)17(21)20-10-4-9-19(20,3)18(22)23/h5-8,12,15-16H,4,9-11H2,1-3H3,(H,22,23). The number of carboxylic acid groups (broad SMARTS) is 1. The molecule has 3 atom stereocenters. The number of likely N-dealkylation sites (tertiary alicyclic amines) is 1. The molecule has 1 amide bonds. The monoisotopic (exact) mass is 315 g/mol. The lowest BCUT2D eigenvalue weighted by atomic mass is 9.98. The van der Waals surface area contributed by atoms with Crippen LogP contribution in [-0.4, -0.2) is 34.0 Å². The Morgan fingerprint density at radius 1 is 1.26 bits per heavy atom. The first kappa shape index (κ1) is 16.0. The van der Waals surface area contributed by atoms with E-state index < -0.39 is 11.5 Å². The summed E-state index contributed by atoms with van der Waals surface area (Å²) >= 11 is 0. The third-order valence-electron chi connectivity index (χ3n) is 5.51. The quantitative estimate of drug-likeness (QED) is 0.926. The summed E-state index contributed by atoms with van der Waals surface area (Å²) in [6.07, 6.45) is 2.16. The lowest BCUT2D eigenvalue weighted by Gasteiger charge is -2.31. The molecule has 0 radical (unpaired) electrons. The Balaban J connectivity index is 1.70. The highest BCUT2D eigenvalue weighted by Crippen LogP contribution is 2.50. The number of carboxylic acids is 1. The molecule has 23 heavy (non-hydrogen) atoms. The molecule has 1 aromatic rings. The zero-order valence-corrected chi connectivity index (χ0v) is 14.1. The van der Waals surface area contributed by atoms with E-state index in [0.29, 0.717) is 18.9 Å². The molecular weight excluding hydrogens is 290 g/mol. The zero-order chi connectivity index (χ0) is 16.8. The zero-order valence-electron chi connectivity index (χ0n) is 14.1. The van der Waals surface area contributed by atoms with Crippen LogP contribution < -0.4 is 0 Å². The van der Waals surface area contributed by atoms with E-state index in [4.69, 9.17) is 0 Å². The average molecular weight is 315 g/mol. The van der Waals surface area contributed by atoms with Crippen LogP contribution in [0.3, 0.4) is 0 Å². The van der Waals surface area contributed by atoms with Gasteiger partial charge in [-0.15, -0.1) is 0 Å². The molecule has 2 aliphatic rings. The lowest BCUT2D eigenvalue weighted by Crippen LogP contribution is -2.51. The minimum atomic E-state index is -1.02. The first-order valence-electron chi connectivity index (χ1n) is 8.49. The second-order valence-electron chi connectivity index (χ2n) is 7.44. The van der Waals surface area contributed by atoms with E-state index in [9.17, 15) is 14.7 Å². The Morgan fingerprint density at radius 3 is 2.48 bits per heavy atom.